The first-order chi connectivity index (χ1) is 8.11. The summed E-state index contributed by atoms with van der Waals surface area (Å²) in [6.07, 6.45) is 6.08. The number of likely N-dealkylation sites (N-methyl/N-ethyl adjacent to an activating group) is 1. The van der Waals surface area contributed by atoms with Crippen LogP contribution in [0, 0.1) is 5.92 Å². The summed E-state index contributed by atoms with van der Waals surface area (Å²) in [5, 5.41) is 0. The molecule has 0 unspecified atom stereocenters. The molecule has 0 aromatic carbocycles. The van der Waals surface area contributed by atoms with Crippen molar-refractivity contribution in [3.63, 3.8) is 0 Å². The first-order valence-electron chi connectivity index (χ1n) is 6.85. The van der Waals surface area contributed by atoms with E-state index in [4.69, 9.17) is 5.73 Å². The van der Waals surface area contributed by atoms with Crippen molar-refractivity contribution < 1.29 is 4.79 Å². The van der Waals surface area contributed by atoms with Crippen molar-refractivity contribution in [3.8, 4) is 0 Å². The zero-order chi connectivity index (χ0) is 12.0. The fraction of sp³-hybridized carbons (Fsp3) is 0.923. The van der Waals surface area contributed by atoms with E-state index in [9.17, 15) is 4.79 Å². The van der Waals surface area contributed by atoms with Gasteiger partial charge in [0, 0.05) is 37.1 Å². The molecule has 1 amide bonds. The molecule has 2 saturated carbocycles. The van der Waals surface area contributed by atoms with Crippen LogP contribution in [-0.4, -0.2) is 54.0 Å². The summed E-state index contributed by atoms with van der Waals surface area (Å²) < 4.78 is 0. The largest absolute Gasteiger partial charge is 0.369 e. The molecule has 0 aromatic rings. The van der Waals surface area contributed by atoms with Crippen molar-refractivity contribution in [2.24, 2.45) is 11.7 Å². The second-order valence-corrected chi connectivity index (χ2v) is 6.19. The smallest absolute Gasteiger partial charge is 0.220 e. The number of rotatable bonds is 2. The Kier molecular flexibility index (Phi) is 2.67. The minimum Gasteiger partial charge on any atom is -0.369 e. The second-order valence-electron chi connectivity index (χ2n) is 6.19. The number of hydrogen-bond donors (Lipinski definition) is 1. The van der Waals surface area contributed by atoms with E-state index in [0.29, 0.717) is 11.6 Å². The number of amides is 1. The average molecular weight is 237 g/mol. The molecule has 3 rings (SSSR count). The van der Waals surface area contributed by atoms with Crippen LogP contribution in [0.4, 0.5) is 0 Å². The van der Waals surface area contributed by atoms with Gasteiger partial charge in [-0.25, -0.2) is 0 Å². The van der Waals surface area contributed by atoms with E-state index < -0.39 is 0 Å². The Morgan fingerprint density at radius 1 is 1.29 bits per heavy atom. The fourth-order valence-corrected chi connectivity index (χ4v) is 3.65. The van der Waals surface area contributed by atoms with Crippen LogP contribution in [0.5, 0.6) is 0 Å². The van der Waals surface area contributed by atoms with Gasteiger partial charge in [-0.05, 0) is 39.2 Å². The van der Waals surface area contributed by atoms with E-state index in [1.165, 1.54) is 32.4 Å². The highest BCUT2D eigenvalue weighted by atomic mass is 16.1. The summed E-state index contributed by atoms with van der Waals surface area (Å²) >= 11 is 0. The summed E-state index contributed by atoms with van der Waals surface area (Å²) in [5.41, 5.74) is 5.80. The fourth-order valence-electron chi connectivity index (χ4n) is 3.65. The van der Waals surface area contributed by atoms with Crippen LogP contribution in [0.2, 0.25) is 0 Å². The number of nitrogens with zero attached hydrogens (tertiary/aromatic N) is 2. The third-order valence-corrected chi connectivity index (χ3v) is 5.35. The highest BCUT2D eigenvalue weighted by Gasteiger charge is 2.47. The van der Waals surface area contributed by atoms with Crippen LogP contribution in [0.1, 0.15) is 32.1 Å². The molecule has 1 heterocycles. The molecular formula is C13H23N3O. The van der Waals surface area contributed by atoms with Crippen LogP contribution in [0.15, 0.2) is 0 Å². The van der Waals surface area contributed by atoms with Gasteiger partial charge in [0.05, 0.1) is 0 Å². The summed E-state index contributed by atoms with van der Waals surface area (Å²) in [6.45, 7) is 3.55. The van der Waals surface area contributed by atoms with Crippen molar-refractivity contribution in [2.75, 3.05) is 26.7 Å². The SMILES string of the molecule is CN1CCN(C2CC(C(N)=O)C2)CC12CCC2. The highest BCUT2D eigenvalue weighted by molar-refractivity contribution is 5.77. The van der Waals surface area contributed by atoms with Crippen LogP contribution >= 0.6 is 0 Å². The van der Waals surface area contributed by atoms with Gasteiger partial charge in [0.25, 0.3) is 0 Å². The molecule has 1 saturated heterocycles. The summed E-state index contributed by atoms with van der Waals surface area (Å²) in [7, 11) is 2.27. The van der Waals surface area contributed by atoms with Crippen LogP contribution in [-0.2, 0) is 4.79 Å². The zero-order valence-electron chi connectivity index (χ0n) is 10.7. The number of primary amides is 1. The van der Waals surface area contributed by atoms with Gasteiger partial charge in [-0.3, -0.25) is 14.6 Å². The third-order valence-electron chi connectivity index (χ3n) is 5.35. The molecule has 1 aliphatic heterocycles. The number of carbonyl (C=O) groups excluding carboxylic acids is 1. The van der Waals surface area contributed by atoms with Gasteiger partial charge in [0.2, 0.25) is 5.91 Å². The molecule has 0 aromatic heterocycles. The lowest BCUT2D eigenvalue weighted by Gasteiger charge is -2.57. The molecule has 4 heteroatoms. The monoisotopic (exact) mass is 237 g/mol. The van der Waals surface area contributed by atoms with E-state index in [2.05, 4.69) is 16.8 Å². The molecule has 2 N–H and O–H groups in total. The molecule has 96 valence electrons. The van der Waals surface area contributed by atoms with Crippen molar-refractivity contribution in [3.05, 3.63) is 0 Å². The number of hydrogen-bond acceptors (Lipinski definition) is 3. The minimum absolute atomic E-state index is 0.103. The Bertz CT molecular complexity index is 321. The first-order valence-corrected chi connectivity index (χ1v) is 6.85. The Hall–Kier alpha value is -0.610. The average Bonchev–Trinajstić information content (AvgIpc) is 2.15. The predicted molar refractivity (Wildman–Crippen MR) is 66.5 cm³/mol. The van der Waals surface area contributed by atoms with Gasteiger partial charge >= 0.3 is 0 Å². The zero-order valence-corrected chi connectivity index (χ0v) is 10.7. The van der Waals surface area contributed by atoms with Gasteiger partial charge in [-0.15, -0.1) is 0 Å². The normalized spacial score (nSPS) is 37.5. The lowest BCUT2D eigenvalue weighted by atomic mass is 9.72. The van der Waals surface area contributed by atoms with Crippen molar-refractivity contribution in [1.82, 2.24) is 9.80 Å². The van der Waals surface area contributed by atoms with Gasteiger partial charge < -0.3 is 5.73 Å². The van der Waals surface area contributed by atoms with Gasteiger partial charge in [-0.2, -0.15) is 0 Å². The predicted octanol–water partition coefficient (Wildman–Crippen LogP) is 0.420. The van der Waals surface area contributed by atoms with E-state index in [1.54, 1.807) is 0 Å². The van der Waals surface area contributed by atoms with Crippen LogP contribution in [0.25, 0.3) is 0 Å². The third kappa shape index (κ3) is 1.78. The number of carbonyl (C=O) groups is 1. The maximum Gasteiger partial charge on any atom is 0.220 e. The molecule has 1 spiro atoms. The maximum atomic E-state index is 11.1. The minimum atomic E-state index is -0.103. The topological polar surface area (TPSA) is 49.6 Å². The first kappa shape index (κ1) is 11.5. The molecule has 2 aliphatic carbocycles. The van der Waals surface area contributed by atoms with Gasteiger partial charge in [0.15, 0.2) is 0 Å². The number of nitrogens with two attached hydrogens (primary N) is 1. The molecular weight excluding hydrogens is 214 g/mol. The number of piperazine rings is 1. The summed E-state index contributed by atoms with van der Waals surface area (Å²) in [6, 6.07) is 0.624. The van der Waals surface area contributed by atoms with Crippen molar-refractivity contribution >= 4 is 5.91 Å². The summed E-state index contributed by atoms with van der Waals surface area (Å²) in [4.78, 5) is 16.2. The molecule has 3 fully saturated rings. The van der Waals surface area contributed by atoms with E-state index in [0.717, 1.165) is 19.4 Å². The highest BCUT2D eigenvalue weighted by Crippen LogP contribution is 2.42. The van der Waals surface area contributed by atoms with E-state index in [-0.39, 0.29) is 11.8 Å². The molecule has 0 radical (unpaired) electrons. The van der Waals surface area contributed by atoms with Gasteiger partial charge in [-0.1, -0.05) is 0 Å². The van der Waals surface area contributed by atoms with E-state index >= 15 is 0 Å². The Morgan fingerprint density at radius 3 is 2.53 bits per heavy atom. The quantitative estimate of drug-likeness (QED) is 0.757. The maximum absolute atomic E-state index is 11.1. The molecule has 3 aliphatic rings. The lowest BCUT2D eigenvalue weighted by molar-refractivity contribution is -0.128. The van der Waals surface area contributed by atoms with Crippen LogP contribution < -0.4 is 5.73 Å². The van der Waals surface area contributed by atoms with Crippen LogP contribution in [0.3, 0.4) is 0 Å². The Morgan fingerprint density at radius 2 is 2.00 bits per heavy atom. The Labute approximate surface area is 103 Å². The lowest BCUT2D eigenvalue weighted by Crippen LogP contribution is -2.67. The Balaban J connectivity index is 1.58. The molecule has 0 bridgehead atoms. The second kappa shape index (κ2) is 3.95. The van der Waals surface area contributed by atoms with Gasteiger partial charge in [0.1, 0.15) is 0 Å². The molecule has 4 nitrogen and oxygen atoms in total. The summed E-state index contributed by atoms with van der Waals surface area (Å²) in [5.74, 6) is 0.0470. The molecule has 17 heavy (non-hydrogen) atoms. The molecule has 0 atom stereocenters. The van der Waals surface area contributed by atoms with E-state index in [1.807, 2.05) is 0 Å². The standard InChI is InChI=1S/C13H23N3O/c1-15-5-6-16(9-13(15)3-2-4-13)11-7-10(8-11)12(14)17/h10-11H,2-9H2,1H3,(H2,14,17). The van der Waals surface area contributed by atoms with Crippen molar-refractivity contribution in [2.45, 2.75) is 43.7 Å². The van der Waals surface area contributed by atoms with Crippen molar-refractivity contribution in [1.29, 1.82) is 0 Å².